The Kier molecular flexibility index (Phi) is 35.1. The van der Waals surface area contributed by atoms with Crippen LogP contribution >= 0.6 is 0 Å². The van der Waals surface area contributed by atoms with Crippen molar-refractivity contribution in [2.45, 2.75) is 107 Å². The molecule has 0 bridgehead atoms. The molecule has 2 N–H and O–H groups in total. The fourth-order valence-corrected chi connectivity index (χ4v) is 2.23. The minimum absolute atomic E-state index is 0.344. The van der Waals surface area contributed by atoms with E-state index in [0.29, 0.717) is 12.0 Å². The summed E-state index contributed by atoms with van der Waals surface area (Å²) in [5, 5.41) is 15.1. The maximum Gasteiger partial charge on any atom is 0.0430 e. The van der Waals surface area contributed by atoms with E-state index in [2.05, 4.69) is 41.5 Å². The van der Waals surface area contributed by atoms with Gasteiger partial charge in [-0.2, -0.15) is 0 Å². The summed E-state index contributed by atoms with van der Waals surface area (Å²) in [7, 11) is 1.00. The van der Waals surface area contributed by atoms with E-state index in [4.69, 9.17) is 10.2 Å². The molecule has 1 aliphatic carbocycles. The Morgan fingerprint density at radius 2 is 1.41 bits per heavy atom. The maximum atomic E-state index is 8.07. The Morgan fingerprint density at radius 3 is 1.55 bits per heavy atom. The Hall–Kier alpha value is -0.0800. The van der Waals surface area contributed by atoms with Crippen LogP contribution in [-0.4, -0.2) is 23.9 Å². The monoisotopic (exact) mass is 320 g/mol. The first-order chi connectivity index (χ1) is 10.4. The van der Waals surface area contributed by atoms with E-state index in [0.717, 1.165) is 25.9 Å². The molecule has 0 amide bonds. The summed E-state index contributed by atoms with van der Waals surface area (Å²) in [5.41, 5.74) is 0.650. The second-order valence-corrected chi connectivity index (χ2v) is 6.44. The molecule has 140 valence electrons. The second kappa shape index (κ2) is 25.9. The van der Waals surface area contributed by atoms with E-state index >= 15 is 0 Å². The lowest BCUT2D eigenvalue weighted by Gasteiger charge is -2.33. The lowest BCUT2D eigenvalue weighted by Crippen LogP contribution is -2.20. The highest BCUT2D eigenvalue weighted by atomic mass is 16.3. The minimum Gasteiger partial charge on any atom is -0.400 e. The third-order valence-corrected chi connectivity index (χ3v) is 3.46. The smallest absolute Gasteiger partial charge is 0.0430 e. The van der Waals surface area contributed by atoms with Crippen LogP contribution in [0.5, 0.6) is 0 Å². The number of rotatable bonds is 3. The van der Waals surface area contributed by atoms with Gasteiger partial charge in [-0.25, -0.2) is 0 Å². The SMILES string of the molecule is CC.CC1CCCC(C)(C)C1.CCCC.CCCCO.CO. The van der Waals surface area contributed by atoms with Gasteiger partial charge < -0.3 is 10.2 Å². The molecule has 0 heterocycles. The maximum absolute atomic E-state index is 8.07. The molecule has 0 aromatic heterocycles. The molecule has 2 nitrogen and oxygen atoms in total. The summed E-state index contributed by atoms with van der Waals surface area (Å²) >= 11 is 0. The summed E-state index contributed by atoms with van der Waals surface area (Å²) in [6, 6.07) is 0. The molecule has 0 aliphatic heterocycles. The van der Waals surface area contributed by atoms with Crippen LogP contribution in [-0.2, 0) is 0 Å². The predicted molar refractivity (Wildman–Crippen MR) is 103 cm³/mol. The highest BCUT2D eigenvalue weighted by molar-refractivity contribution is 4.76. The van der Waals surface area contributed by atoms with Gasteiger partial charge in [0.1, 0.15) is 0 Å². The van der Waals surface area contributed by atoms with Crippen LogP contribution in [0.25, 0.3) is 0 Å². The zero-order valence-electron chi connectivity index (χ0n) is 17.3. The van der Waals surface area contributed by atoms with Gasteiger partial charge in [0.25, 0.3) is 0 Å². The quantitative estimate of drug-likeness (QED) is 0.628. The summed E-state index contributed by atoms with van der Waals surface area (Å²) in [5.74, 6) is 0.980. The van der Waals surface area contributed by atoms with Crippen LogP contribution in [0.2, 0.25) is 0 Å². The van der Waals surface area contributed by atoms with Crippen molar-refractivity contribution in [3.63, 3.8) is 0 Å². The zero-order valence-corrected chi connectivity index (χ0v) is 17.3. The predicted octanol–water partition coefficient (Wildman–Crippen LogP) is 6.44. The third kappa shape index (κ3) is 32.0. The van der Waals surface area contributed by atoms with E-state index < -0.39 is 0 Å². The highest BCUT2D eigenvalue weighted by Crippen LogP contribution is 2.37. The first-order valence-electron chi connectivity index (χ1n) is 9.49. The lowest BCUT2D eigenvalue weighted by atomic mass is 9.73. The van der Waals surface area contributed by atoms with Crippen molar-refractivity contribution in [2.75, 3.05) is 13.7 Å². The number of hydrogen-bond donors (Lipinski definition) is 2. The van der Waals surface area contributed by atoms with Crippen molar-refractivity contribution in [1.82, 2.24) is 0 Å². The van der Waals surface area contributed by atoms with Crippen LogP contribution in [0.1, 0.15) is 107 Å². The molecule has 22 heavy (non-hydrogen) atoms. The molecule has 2 heteroatoms. The van der Waals surface area contributed by atoms with Crippen molar-refractivity contribution in [3.05, 3.63) is 0 Å². The molecule has 1 saturated carbocycles. The van der Waals surface area contributed by atoms with Gasteiger partial charge in [-0.1, -0.05) is 87.5 Å². The molecule has 0 aromatic carbocycles. The standard InChI is InChI=1S/C9H18.C4H10O.C4H10.C2H6.CH4O/c1-8-5-4-6-9(2,3)7-8;1-2-3-4-5;1-3-4-2;2*1-2/h8H,4-7H2,1-3H3;5H,2-4H2,1H3;3-4H2,1-2H3;1-2H3;2H,1H3. The molecule has 0 aromatic rings. The van der Waals surface area contributed by atoms with Crippen molar-refractivity contribution in [1.29, 1.82) is 0 Å². The average molecular weight is 321 g/mol. The molecular weight excluding hydrogens is 272 g/mol. The lowest BCUT2D eigenvalue weighted by molar-refractivity contribution is 0.191. The van der Waals surface area contributed by atoms with E-state index in [-0.39, 0.29) is 0 Å². The summed E-state index contributed by atoms with van der Waals surface area (Å²) in [6.07, 6.45) is 10.5. The normalized spacial score (nSPS) is 17.9. The van der Waals surface area contributed by atoms with Gasteiger partial charge in [-0.3, -0.25) is 0 Å². The van der Waals surface area contributed by atoms with Crippen molar-refractivity contribution in [2.24, 2.45) is 11.3 Å². The van der Waals surface area contributed by atoms with Crippen molar-refractivity contribution in [3.8, 4) is 0 Å². The van der Waals surface area contributed by atoms with E-state index in [9.17, 15) is 0 Å². The molecule has 1 atom stereocenters. The number of aliphatic hydroxyl groups excluding tert-OH is 2. The van der Waals surface area contributed by atoms with Gasteiger partial charge in [-0.05, 0) is 30.6 Å². The molecule has 1 unspecified atom stereocenters. The minimum atomic E-state index is 0.344. The van der Waals surface area contributed by atoms with Crippen LogP contribution in [0.15, 0.2) is 0 Å². The van der Waals surface area contributed by atoms with E-state index in [1.807, 2.05) is 13.8 Å². The van der Waals surface area contributed by atoms with Gasteiger partial charge in [-0.15, -0.1) is 0 Å². The van der Waals surface area contributed by atoms with Gasteiger partial charge in [0, 0.05) is 13.7 Å². The van der Waals surface area contributed by atoms with Crippen LogP contribution < -0.4 is 0 Å². The van der Waals surface area contributed by atoms with Gasteiger partial charge >= 0.3 is 0 Å². The molecular formula is C20H48O2. The molecule has 0 radical (unpaired) electrons. The van der Waals surface area contributed by atoms with Gasteiger partial charge in [0.15, 0.2) is 0 Å². The van der Waals surface area contributed by atoms with E-state index in [1.165, 1.54) is 38.5 Å². The number of aliphatic hydroxyl groups is 2. The molecule has 1 rings (SSSR count). The Balaban J connectivity index is -0.000000107. The van der Waals surface area contributed by atoms with Gasteiger partial charge in [0.2, 0.25) is 0 Å². The van der Waals surface area contributed by atoms with Crippen molar-refractivity contribution >= 4 is 0 Å². The van der Waals surface area contributed by atoms with Gasteiger partial charge in [0.05, 0.1) is 0 Å². The Bertz CT molecular complexity index is 152. The molecule has 0 spiro atoms. The second-order valence-electron chi connectivity index (χ2n) is 6.44. The van der Waals surface area contributed by atoms with Crippen LogP contribution in [0.3, 0.4) is 0 Å². The zero-order chi connectivity index (χ0) is 18.4. The Labute approximate surface area is 142 Å². The summed E-state index contributed by atoms with van der Waals surface area (Å²) in [6.45, 7) is 17.9. The third-order valence-electron chi connectivity index (χ3n) is 3.46. The largest absolute Gasteiger partial charge is 0.400 e. The highest BCUT2D eigenvalue weighted by Gasteiger charge is 2.24. The number of hydrogen-bond acceptors (Lipinski definition) is 2. The Morgan fingerprint density at radius 1 is 0.955 bits per heavy atom. The molecule has 1 aliphatic rings. The first-order valence-corrected chi connectivity index (χ1v) is 9.49. The number of unbranched alkanes of at least 4 members (excludes halogenated alkanes) is 2. The fraction of sp³-hybridized carbons (Fsp3) is 1.00. The van der Waals surface area contributed by atoms with Crippen LogP contribution in [0.4, 0.5) is 0 Å². The fourth-order valence-electron chi connectivity index (χ4n) is 2.23. The van der Waals surface area contributed by atoms with Crippen molar-refractivity contribution < 1.29 is 10.2 Å². The molecule has 1 fully saturated rings. The first kappa shape index (κ1) is 29.9. The summed E-state index contributed by atoms with van der Waals surface area (Å²) in [4.78, 5) is 0. The summed E-state index contributed by atoms with van der Waals surface area (Å²) < 4.78 is 0. The topological polar surface area (TPSA) is 40.5 Å². The average Bonchev–Trinajstić information content (AvgIpc) is 2.52. The van der Waals surface area contributed by atoms with E-state index in [1.54, 1.807) is 0 Å². The molecule has 0 saturated heterocycles. The van der Waals surface area contributed by atoms with Crippen LogP contribution in [0, 0.1) is 11.3 Å².